The quantitative estimate of drug-likeness (QED) is 0.167. The van der Waals surface area contributed by atoms with E-state index in [9.17, 15) is 9.59 Å². The summed E-state index contributed by atoms with van der Waals surface area (Å²) in [7, 11) is 0. The van der Waals surface area contributed by atoms with Crippen molar-refractivity contribution in [1.82, 2.24) is 9.13 Å². The SMILES string of the molecule is CC(C)(C)OC(=O)n1c2ccc(-c3ccc4c(c3)c3cc5c(cc3n4C(=O)OC(C)(C)C)C(C)(C)c3ccccc3-5)cc2c2cc3c(cc21)C(C)(C)c1ccccc1-3. The largest absolute Gasteiger partial charge is 0.443 e. The van der Waals surface area contributed by atoms with E-state index in [0.717, 1.165) is 54.7 Å². The summed E-state index contributed by atoms with van der Waals surface area (Å²) < 4.78 is 15.6. The van der Waals surface area contributed by atoms with E-state index in [1.807, 2.05) is 53.7 Å². The van der Waals surface area contributed by atoms with Gasteiger partial charge in [-0.3, -0.25) is 0 Å². The highest BCUT2D eigenvalue weighted by molar-refractivity contribution is 6.17. The van der Waals surface area contributed by atoms with Crippen molar-refractivity contribution >= 4 is 55.8 Å². The number of fused-ring (bicyclic) bond motifs is 12. The van der Waals surface area contributed by atoms with Crippen molar-refractivity contribution in [3.05, 3.63) is 131 Å². The lowest BCUT2D eigenvalue weighted by molar-refractivity contribution is 0.0540. The van der Waals surface area contributed by atoms with Gasteiger partial charge in [-0.15, -0.1) is 0 Å². The molecular weight excluding hydrogens is 717 g/mol. The maximum atomic E-state index is 14.1. The third kappa shape index (κ3) is 5.16. The second-order valence-corrected chi connectivity index (χ2v) is 19.3. The van der Waals surface area contributed by atoms with Crippen LogP contribution in [0.2, 0.25) is 0 Å². The minimum absolute atomic E-state index is 0.230. The fraction of sp³-hybridized carbons (Fsp3) is 0.269. The van der Waals surface area contributed by atoms with Gasteiger partial charge in [0.05, 0.1) is 22.1 Å². The van der Waals surface area contributed by atoms with Gasteiger partial charge in [-0.05, 0) is 146 Å². The highest BCUT2D eigenvalue weighted by Crippen LogP contribution is 2.52. The molecule has 290 valence electrons. The number of aromatic nitrogens is 2. The molecule has 2 aromatic heterocycles. The predicted molar refractivity (Wildman–Crippen MR) is 236 cm³/mol. The predicted octanol–water partition coefficient (Wildman–Crippen LogP) is 13.7. The molecule has 0 unspecified atom stereocenters. The smallest absolute Gasteiger partial charge is 0.419 e. The first kappa shape index (κ1) is 36.2. The lowest BCUT2D eigenvalue weighted by Crippen LogP contribution is -2.27. The number of nitrogens with zero attached hydrogens (tertiary/aromatic N) is 2. The Bertz CT molecular complexity index is 2910. The van der Waals surface area contributed by atoms with E-state index in [-0.39, 0.29) is 10.8 Å². The molecule has 58 heavy (non-hydrogen) atoms. The third-order valence-electron chi connectivity index (χ3n) is 12.4. The average molecular weight is 765 g/mol. The van der Waals surface area contributed by atoms with Gasteiger partial charge in [0.1, 0.15) is 11.2 Å². The summed E-state index contributed by atoms with van der Waals surface area (Å²) in [4.78, 5) is 28.2. The van der Waals surface area contributed by atoms with Gasteiger partial charge >= 0.3 is 12.2 Å². The normalized spacial score (nSPS) is 15.1. The molecule has 6 nitrogen and oxygen atoms in total. The fourth-order valence-electron chi connectivity index (χ4n) is 9.79. The molecule has 0 aliphatic heterocycles. The van der Waals surface area contributed by atoms with E-state index < -0.39 is 23.4 Å². The van der Waals surface area contributed by atoms with Crippen LogP contribution in [0.15, 0.2) is 109 Å². The molecule has 0 N–H and O–H groups in total. The van der Waals surface area contributed by atoms with Crippen molar-refractivity contribution in [2.24, 2.45) is 0 Å². The van der Waals surface area contributed by atoms with Crippen LogP contribution in [0.25, 0.3) is 77.0 Å². The van der Waals surface area contributed by atoms with Crippen LogP contribution in [0.5, 0.6) is 0 Å². The molecule has 6 heteroatoms. The van der Waals surface area contributed by atoms with E-state index in [1.54, 1.807) is 9.13 Å². The average Bonchev–Trinajstić information content (AvgIpc) is 3.80. The van der Waals surface area contributed by atoms with E-state index >= 15 is 0 Å². The van der Waals surface area contributed by atoms with E-state index in [0.29, 0.717) is 0 Å². The summed E-state index contributed by atoms with van der Waals surface area (Å²) in [6.45, 7) is 20.4. The molecule has 0 fully saturated rings. The molecule has 2 aliphatic carbocycles. The second-order valence-electron chi connectivity index (χ2n) is 19.3. The van der Waals surface area contributed by atoms with Crippen molar-refractivity contribution in [3.63, 3.8) is 0 Å². The Balaban J connectivity index is 1.21. The van der Waals surface area contributed by atoms with Gasteiger partial charge in [-0.25, -0.2) is 18.7 Å². The highest BCUT2D eigenvalue weighted by atomic mass is 16.6. The Kier molecular flexibility index (Phi) is 7.32. The van der Waals surface area contributed by atoms with Crippen LogP contribution < -0.4 is 0 Å². The van der Waals surface area contributed by atoms with Crippen LogP contribution in [0.4, 0.5) is 9.59 Å². The standard InChI is InChI=1S/C52H48N2O4/c1-49(2,3)57-47(55)53-43-21-19-29(23-35(43)37-25-33-31-15-11-13-17-39(31)51(7,8)41(33)27-45(37)53)30-20-22-44-36(24-30)38-26-34-32-16-12-14-18-40(32)52(9,10)42(34)28-46(38)54(44)48(56)58-50(4,5)6/h11-28H,1-10H3. The Labute approximate surface area is 339 Å². The molecule has 6 aromatic carbocycles. The summed E-state index contributed by atoms with van der Waals surface area (Å²) in [6, 6.07) is 38.8. The number of carbonyl (C=O) groups excluding carboxylic acids is 2. The molecule has 0 saturated carbocycles. The van der Waals surface area contributed by atoms with E-state index in [2.05, 4.69) is 125 Å². The van der Waals surface area contributed by atoms with Crippen LogP contribution in [0, 0.1) is 0 Å². The van der Waals surface area contributed by atoms with Crippen LogP contribution in [0.1, 0.15) is 91.5 Å². The maximum Gasteiger partial charge on any atom is 0.419 e. The zero-order valence-electron chi connectivity index (χ0n) is 34.9. The van der Waals surface area contributed by atoms with Crippen LogP contribution in [-0.4, -0.2) is 32.5 Å². The fourth-order valence-corrected chi connectivity index (χ4v) is 9.79. The monoisotopic (exact) mass is 764 g/mol. The first-order chi connectivity index (χ1) is 27.3. The molecular formula is C52H48N2O4. The van der Waals surface area contributed by atoms with Crippen molar-refractivity contribution in [2.45, 2.75) is 91.3 Å². The van der Waals surface area contributed by atoms with E-state index in [4.69, 9.17) is 9.47 Å². The number of hydrogen-bond donors (Lipinski definition) is 0. The number of hydrogen-bond acceptors (Lipinski definition) is 4. The zero-order chi connectivity index (χ0) is 40.8. The molecule has 0 saturated heterocycles. The summed E-state index contributed by atoms with van der Waals surface area (Å²) in [5, 5.41) is 3.93. The van der Waals surface area contributed by atoms with Gasteiger partial charge in [0, 0.05) is 32.4 Å². The Morgan fingerprint density at radius 1 is 0.431 bits per heavy atom. The van der Waals surface area contributed by atoms with Crippen molar-refractivity contribution in [3.8, 4) is 33.4 Å². The minimum Gasteiger partial charge on any atom is -0.443 e. The van der Waals surface area contributed by atoms with Crippen molar-refractivity contribution in [1.29, 1.82) is 0 Å². The highest BCUT2D eigenvalue weighted by Gasteiger charge is 2.38. The van der Waals surface area contributed by atoms with Crippen molar-refractivity contribution in [2.75, 3.05) is 0 Å². The number of ether oxygens (including phenoxy) is 2. The third-order valence-corrected chi connectivity index (χ3v) is 12.4. The Hall–Kier alpha value is -6.14. The summed E-state index contributed by atoms with van der Waals surface area (Å²) in [5.41, 5.74) is 13.2. The van der Waals surface area contributed by atoms with Gasteiger partial charge in [0.15, 0.2) is 0 Å². The molecule has 2 heterocycles. The van der Waals surface area contributed by atoms with Gasteiger partial charge in [0.2, 0.25) is 0 Å². The zero-order valence-corrected chi connectivity index (χ0v) is 34.9. The van der Waals surface area contributed by atoms with Gasteiger partial charge in [0.25, 0.3) is 0 Å². The maximum absolute atomic E-state index is 14.1. The molecule has 0 radical (unpaired) electrons. The second kappa shape index (κ2) is 11.7. The molecule has 0 bridgehead atoms. The van der Waals surface area contributed by atoms with E-state index in [1.165, 1.54) is 44.5 Å². The number of benzene rings is 6. The summed E-state index contributed by atoms with van der Waals surface area (Å²) in [6.07, 6.45) is -0.802. The molecule has 8 aromatic rings. The molecule has 2 aliphatic rings. The molecule has 0 atom stereocenters. The van der Waals surface area contributed by atoms with Gasteiger partial charge in [-0.2, -0.15) is 0 Å². The van der Waals surface area contributed by atoms with Gasteiger partial charge < -0.3 is 9.47 Å². The minimum atomic E-state index is -0.669. The molecule has 10 rings (SSSR count). The van der Waals surface area contributed by atoms with Crippen LogP contribution >= 0.6 is 0 Å². The van der Waals surface area contributed by atoms with Gasteiger partial charge in [-0.1, -0.05) is 88.4 Å². The number of carbonyl (C=O) groups is 2. The summed E-state index contributed by atoms with van der Waals surface area (Å²) in [5.74, 6) is 0. The van der Waals surface area contributed by atoms with Crippen LogP contribution in [0.3, 0.4) is 0 Å². The molecule has 0 spiro atoms. The molecule has 0 amide bonds. The Morgan fingerprint density at radius 2 is 0.793 bits per heavy atom. The first-order valence-electron chi connectivity index (χ1n) is 20.3. The lowest BCUT2D eigenvalue weighted by atomic mass is 9.82. The van der Waals surface area contributed by atoms with Crippen molar-refractivity contribution < 1.29 is 19.1 Å². The lowest BCUT2D eigenvalue weighted by Gasteiger charge is -2.22. The Morgan fingerprint density at radius 3 is 1.17 bits per heavy atom. The summed E-state index contributed by atoms with van der Waals surface area (Å²) >= 11 is 0. The topological polar surface area (TPSA) is 62.5 Å². The van der Waals surface area contributed by atoms with Crippen LogP contribution in [-0.2, 0) is 20.3 Å². The number of rotatable bonds is 1. The first-order valence-corrected chi connectivity index (χ1v) is 20.3.